The van der Waals surface area contributed by atoms with Gasteiger partial charge in [0, 0.05) is 37.6 Å². The number of nitrogens with zero attached hydrogens (tertiary/aromatic N) is 2. The maximum absolute atomic E-state index is 12.3. The van der Waals surface area contributed by atoms with E-state index in [1.165, 1.54) is 18.7 Å². The minimum Gasteiger partial charge on any atom is -0.364 e. The number of likely N-dealkylation sites (tertiary alicyclic amines) is 1. The lowest BCUT2D eigenvalue weighted by Crippen LogP contribution is -2.42. The number of aryl methyl sites for hydroxylation is 1. The van der Waals surface area contributed by atoms with E-state index < -0.39 is 0 Å². The van der Waals surface area contributed by atoms with Gasteiger partial charge in [-0.1, -0.05) is 6.92 Å². The molecule has 1 aliphatic rings. The van der Waals surface area contributed by atoms with E-state index in [2.05, 4.69) is 16.8 Å². The lowest BCUT2D eigenvalue weighted by Gasteiger charge is -2.27. The van der Waals surface area contributed by atoms with Crippen molar-refractivity contribution in [1.82, 2.24) is 14.8 Å². The number of hydrogen-bond donors (Lipinski definition) is 1. The summed E-state index contributed by atoms with van der Waals surface area (Å²) < 4.78 is 0. The van der Waals surface area contributed by atoms with E-state index in [0.29, 0.717) is 12.6 Å². The Kier molecular flexibility index (Phi) is 4.60. The lowest BCUT2D eigenvalue weighted by atomic mass is 10.2. The highest BCUT2D eigenvalue weighted by Crippen LogP contribution is 2.17. The van der Waals surface area contributed by atoms with E-state index in [9.17, 15) is 9.59 Å². The molecule has 1 atom stereocenters. The Morgan fingerprint density at radius 1 is 1.55 bits per heavy atom. The predicted octanol–water partition coefficient (Wildman–Crippen LogP) is 1.24. The van der Waals surface area contributed by atoms with Crippen molar-refractivity contribution in [2.75, 3.05) is 26.7 Å². The molecule has 1 fully saturated rings. The fraction of sp³-hybridized carbons (Fsp3) is 0.600. The fourth-order valence-electron chi connectivity index (χ4n) is 2.86. The van der Waals surface area contributed by atoms with Crippen LogP contribution in [-0.4, -0.2) is 53.4 Å². The number of amides is 1. The summed E-state index contributed by atoms with van der Waals surface area (Å²) in [6.45, 7) is 6.74. The second-order valence-electron chi connectivity index (χ2n) is 5.50. The number of rotatable bonds is 4. The Morgan fingerprint density at radius 3 is 2.95 bits per heavy atom. The van der Waals surface area contributed by atoms with Crippen molar-refractivity contribution < 1.29 is 4.79 Å². The van der Waals surface area contributed by atoms with Crippen LogP contribution in [0.25, 0.3) is 0 Å². The highest BCUT2D eigenvalue weighted by Gasteiger charge is 2.26. The van der Waals surface area contributed by atoms with Crippen LogP contribution in [0.2, 0.25) is 0 Å². The largest absolute Gasteiger partial charge is 0.364 e. The van der Waals surface area contributed by atoms with Crippen LogP contribution in [0.5, 0.6) is 0 Å². The van der Waals surface area contributed by atoms with Crippen LogP contribution in [-0.2, 0) is 0 Å². The Labute approximate surface area is 119 Å². The smallest absolute Gasteiger partial charge is 0.259 e. The third-order valence-electron chi connectivity index (χ3n) is 4.02. The fourth-order valence-corrected chi connectivity index (χ4v) is 2.86. The van der Waals surface area contributed by atoms with E-state index in [0.717, 1.165) is 25.2 Å². The van der Waals surface area contributed by atoms with Crippen LogP contribution in [0, 0.1) is 6.92 Å². The molecule has 5 nitrogen and oxygen atoms in total. The molecule has 20 heavy (non-hydrogen) atoms. The van der Waals surface area contributed by atoms with Gasteiger partial charge < -0.3 is 9.88 Å². The van der Waals surface area contributed by atoms with Crippen molar-refractivity contribution in [3.8, 4) is 0 Å². The summed E-state index contributed by atoms with van der Waals surface area (Å²) in [6.07, 6.45) is 3.82. The number of hydrogen-bond acceptors (Lipinski definition) is 3. The summed E-state index contributed by atoms with van der Waals surface area (Å²) in [7, 11) is 1.77. The van der Waals surface area contributed by atoms with Crippen molar-refractivity contribution in [2.45, 2.75) is 32.7 Å². The number of aromatic nitrogens is 1. The van der Waals surface area contributed by atoms with Crippen molar-refractivity contribution in [3.63, 3.8) is 0 Å². The number of nitrogens with one attached hydrogen (secondary N) is 1. The average Bonchev–Trinajstić information content (AvgIpc) is 2.85. The van der Waals surface area contributed by atoms with E-state index in [-0.39, 0.29) is 16.9 Å². The molecular formula is C15H23N3O2. The first-order chi connectivity index (χ1) is 9.52. The lowest BCUT2D eigenvalue weighted by molar-refractivity contribution is 0.0753. The Bertz CT molecular complexity index is 538. The van der Waals surface area contributed by atoms with Gasteiger partial charge >= 0.3 is 0 Å². The molecule has 0 saturated carbocycles. The van der Waals surface area contributed by atoms with Crippen LogP contribution >= 0.6 is 0 Å². The number of pyridine rings is 1. The van der Waals surface area contributed by atoms with E-state index in [1.807, 2.05) is 0 Å². The SMILES string of the molecule is CCN1CCCC1CN(C)C(=O)c1c[nH]c(C)cc1=O. The summed E-state index contributed by atoms with van der Waals surface area (Å²) in [5, 5.41) is 0. The highest BCUT2D eigenvalue weighted by molar-refractivity contribution is 5.93. The second-order valence-corrected chi connectivity index (χ2v) is 5.50. The van der Waals surface area contributed by atoms with Crippen molar-refractivity contribution in [1.29, 1.82) is 0 Å². The van der Waals surface area contributed by atoms with Crippen LogP contribution < -0.4 is 5.43 Å². The summed E-state index contributed by atoms with van der Waals surface area (Å²) in [6, 6.07) is 1.88. The van der Waals surface area contributed by atoms with Crippen LogP contribution in [0.1, 0.15) is 35.8 Å². The molecule has 1 saturated heterocycles. The topological polar surface area (TPSA) is 56.4 Å². The molecule has 1 aromatic rings. The molecule has 0 spiro atoms. The molecule has 0 aliphatic carbocycles. The van der Waals surface area contributed by atoms with E-state index >= 15 is 0 Å². The minimum absolute atomic E-state index is 0.200. The van der Waals surface area contributed by atoms with Crippen LogP contribution in [0.3, 0.4) is 0 Å². The Morgan fingerprint density at radius 2 is 2.30 bits per heavy atom. The zero-order valence-corrected chi connectivity index (χ0v) is 12.5. The molecule has 2 heterocycles. The maximum atomic E-state index is 12.3. The number of likely N-dealkylation sites (N-methyl/N-ethyl adjacent to an activating group) is 2. The normalized spacial score (nSPS) is 19.2. The van der Waals surface area contributed by atoms with Gasteiger partial charge in [0.1, 0.15) is 5.56 Å². The number of H-pyrrole nitrogens is 1. The van der Waals surface area contributed by atoms with Gasteiger partial charge in [0.2, 0.25) is 0 Å². The molecule has 0 aromatic carbocycles. The highest BCUT2D eigenvalue weighted by atomic mass is 16.2. The van der Waals surface area contributed by atoms with Gasteiger partial charge in [0.05, 0.1) is 0 Å². The van der Waals surface area contributed by atoms with Crippen molar-refractivity contribution in [3.05, 3.63) is 33.7 Å². The Hall–Kier alpha value is -1.62. The summed E-state index contributed by atoms with van der Waals surface area (Å²) in [4.78, 5) is 31.2. The minimum atomic E-state index is -0.211. The Balaban J connectivity index is 2.07. The van der Waals surface area contributed by atoms with Crippen molar-refractivity contribution in [2.24, 2.45) is 0 Å². The summed E-state index contributed by atoms with van der Waals surface area (Å²) >= 11 is 0. The molecule has 1 aliphatic heterocycles. The van der Waals surface area contributed by atoms with E-state index in [1.54, 1.807) is 18.9 Å². The summed E-state index contributed by atoms with van der Waals surface area (Å²) in [5.41, 5.74) is 0.776. The third kappa shape index (κ3) is 3.10. The standard InChI is InChI=1S/C15H23N3O2/c1-4-18-7-5-6-12(18)10-17(3)15(20)13-9-16-11(2)8-14(13)19/h8-9,12H,4-7,10H2,1-3H3,(H,16,19). The van der Waals surface area contributed by atoms with Crippen LogP contribution in [0.4, 0.5) is 0 Å². The number of carbonyl (C=O) groups is 1. The van der Waals surface area contributed by atoms with Gasteiger partial charge in [0.15, 0.2) is 5.43 Å². The van der Waals surface area contributed by atoms with Crippen molar-refractivity contribution >= 4 is 5.91 Å². The number of carbonyl (C=O) groups excluding carboxylic acids is 1. The molecule has 1 unspecified atom stereocenters. The second kappa shape index (κ2) is 6.22. The van der Waals surface area contributed by atoms with Gasteiger partial charge in [-0.15, -0.1) is 0 Å². The van der Waals surface area contributed by atoms with Gasteiger partial charge in [-0.3, -0.25) is 14.5 Å². The first kappa shape index (κ1) is 14.8. The first-order valence-corrected chi connectivity index (χ1v) is 7.21. The molecule has 1 amide bonds. The quantitative estimate of drug-likeness (QED) is 0.901. The molecule has 1 aromatic heterocycles. The van der Waals surface area contributed by atoms with Crippen LogP contribution in [0.15, 0.2) is 17.1 Å². The third-order valence-corrected chi connectivity index (χ3v) is 4.02. The van der Waals surface area contributed by atoms with E-state index in [4.69, 9.17) is 0 Å². The molecule has 1 N–H and O–H groups in total. The molecular weight excluding hydrogens is 254 g/mol. The molecule has 0 radical (unpaired) electrons. The maximum Gasteiger partial charge on any atom is 0.259 e. The first-order valence-electron chi connectivity index (χ1n) is 7.21. The zero-order chi connectivity index (χ0) is 14.7. The van der Waals surface area contributed by atoms with Gasteiger partial charge in [-0.05, 0) is 32.9 Å². The summed E-state index contributed by atoms with van der Waals surface area (Å²) in [5.74, 6) is -0.200. The zero-order valence-electron chi connectivity index (χ0n) is 12.5. The average molecular weight is 277 g/mol. The molecule has 2 rings (SSSR count). The number of aromatic amines is 1. The predicted molar refractivity (Wildman–Crippen MR) is 79.0 cm³/mol. The van der Waals surface area contributed by atoms with Gasteiger partial charge in [-0.2, -0.15) is 0 Å². The molecule has 110 valence electrons. The van der Waals surface area contributed by atoms with Gasteiger partial charge in [-0.25, -0.2) is 0 Å². The molecule has 0 bridgehead atoms. The monoisotopic (exact) mass is 277 g/mol. The van der Waals surface area contributed by atoms with Gasteiger partial charge in [0.25, 0.3) is 5.91 Å². The molecule has 5 heteroatoms.